The zero-order valence-electron chi connectivity index (χ0n) is 7.60. The van der Waals surface area contributed by atoms with Crippen LogP contribution in [0.3, 0.4) is 0 Å². The monoisotopic (exact) mass is 184 g/mol. The molecule has 2 rings (SSSR count). The molecule has 2 heteroatoms. The van der Waals surface area contributed by atoms with Gasteiger partial charge in [-0.05, 0) is 18.2 Å². The molecule has 69 valence electrons. The van der Waals surface area contributed by atoms with Crippen molar-refractivity contribution in [2.24, 2.45) is 0 Å². The summed E-state index contributed by atoms with van der Waals surface area (Å²) in [6.07, 6.45) is 0. The number of hydrogen-bond acceptors (Lipinski definition) is 2. The van der Waals surface area contributed by atoms with Crippen molar-refractivity contribution in [2.45, 2.75) is 0 Å². The fourth-order valence-corrected chi connectivity index (χ4v) is 1.15. The molecule has 0 saturated heterocycles. The number of anilines is 1. The molecule has 2 aromatic rings. The Labute approximate surface area is 82.9 Å². The van der Waals surface area contributed by atoms with Crippen LogP contribution >= 0.6 is 0 Å². The molecule has 2 N–H and O–H groups in total. The van der Waals surface area contributed by atoms with Crippen LogP contribution in [0.4, 0.5) is 5.69 Å². The van der Waals surface area contributed by atoms with Gasteiger partial charge in [0.2, 0.25) is 0 Å². The van der Waals surface area contributed by atoms with Crippen LogP contribution in [-0.2, 0) is 0 Å². The first kappa shape index (κ1) is 8.63. The molecule has 0 heterocycles. The maximum absolute atomic E-state index is 5.62. The van der Waals surface area contributed by atoms with Crippen LogP contribution in [0.15, 0.2) is 48.5 Å². The second kappa shape index (κ2) is 3.83. The molecular formula is C12H10NO. The Hall–Kier alpha value is -1.96. The molecule has 0 atom stereocenters. The number of nitrogen functional groups attached to an aromatic ring is 1. The van der Waals surface area contributed by atoms with Crippen LogP contribution in [0.25, 0.3) is 0 Å². The van der Waals surface area contributed by atoms with E-state index < -0.39 is 0 Å². The van der Waals surface area contributed by atoms with Gasteiger partial charge in [0, 0.05) is 17.8 Å². The molecule has 0 amide bonds. The van der Waals surface area contributed by atoms with Gasteiger partial charge in [0.1, 0.15) is 11.5 Å². The van der Waals surface area contributed by atoms with Crippen LogP contribution in [0.2, 0.25) is 0 Å². The van der Waals surface area contributed by atoms with E-state index in [4.69, 9.17) is 10.5 Å². The molecule has 2 nitrogen and oxygen atoms in total. The molecule has 14 heavy (non-hydrogen) atoms. The predicted octanol–water partition coefficient (Wildman–Crippen LogP) is 2.86. The topological polar surface area (TPSA) is 35.2 Å². The Morgan fingerprint density at radius 1 is 1.07 bits per heavy atom. The minimum atomic E-state index is 0.693. The summed E-state index contributed by atoms with van der Waals surface area (Å²) < 4.78 is 5.52. The van der Waals surface area contributed by atoms with E-state index in [-0.39, 0.29) is 0 Å². The Kier molecular flexibility index (Phi) is 2.36. The first-order valence-electron chi connectivity index (χ1n) is 4.35. The van der Waals surface area contributed by atoms with Crippen LogP contribution in [0.5, 0.6) is 11.5 Å². The molecule has 0 bridgehead atoms. The molecule has 0 aliphatic carbocycles. The lowest BCUT2D eigenvalue weighted by molar-refractivity contribution is 0.482. The van der Waals surface area contributed by atoms with Gasteiger partial charge in [-0.2, -0.15) is 0 Å². The second-order valence-corrected chi connectivity index (χ2v) is 2.90. The van der Waals surface area contributed by atoms with E-state index in [1.54, 1.807) is 6.07 Å². The predicted molar refractivity (Wildman–Crippen MR) is 56.2 cm³/mol. The highest BCUT2D eigenvalue weighted by molar-refractivity contribution is 5.44. The summed E-state index contributed by atoms with van der Waals surface area (Å²) in [7, 11) is 0. The summed E-state index contributed by atoms with van der Waals surface area (Å²) >= 11 is 0. The summed E-state index contributed by atoms with van der Waals surface area (Å²) in [6.45, 7) is 0. The minimum Gasteiger partial charge on any atom is -0.457 e. The molecule has 1 radical (unpaired) electrons. The first-order chi connectivity index (χ1) is 6.84. The quantitative estimate of drug-likeness (QED) is 0.728. The third-order valence-electron chi connectivity index (χ3n) is 1.77. The molecule has 0 aliphatic rings. The Bertz CT molecular complexity index is 412. The van der Waals surface area contributed by atoms with Crippen molar-refractivity contribution >= 4 is 5.69 Å². The fraction of sp³-hybridized carbons (Fsp3) is 0. The van der Waals surface area contributed by atoms with Crippen molar-refractivity contribution in [1.29, 1.82) is 0 Å². The zero-order valence-corrected chi connectivity index (χ0v) is 7.60. The minimum absolute atomic E-state index is 0.693. The van der Waals surface area contributed by atoms with E-state index >= 15 is 0 Å². The van der Waals surface area contributed by atoms with E-state index in [1.165, 1.54) is 0 Å². The lowest BCUT2D eigenvalue weighted by atomic mass is 10.3. The normalized spacial score (nSPS) is 9.71. The number of rotatable bonds is 2. The highest BCUT2D eigenvalue weighted by atomic mass is 16.5. The van der Waals surface area contributed by atoms with E-state index in [0.717, 1.165) is 5.75 Å². The van der Waals surface area contributed by atoms with Crippen LogP contribution in [0, 0.1) is 6.07 Å². The van der Waals surface area contributed by atoms with Crippen LogP contribution in [0.1, 0.15) is 0 Å². The second-order valence-electron chi connectivity index (χ2n) is 2.90. The van der Waals surface area contributed by atoms with Crippen molar-refractivity contribution < 1.29 is 4.74 Å². The van der Waals surface area contributed by atoms with Gasteiger partial charge >= 0.3 is 0 Å². The SMILES string of the molecule is Nc1cccc(Oc2[c]cccc2)c1. The first-order valence-corrected chi connectivity index (χ1v) is 4.35. The number of hydrogen-bond donors (Lipinski definition) is 1. The fourth-order valence-electron chi connectivity index (χ4n) is 1.15. The Morgan fingerprint density at radius 3 is 2.71 bits per heavy atom. The standard InChI is InChI=1S/C12H10NO/c13-10-5-4-8-12(9-10)14-11-6-2-1-3-7-11/h1-6,8-9H,13H2. The zero-order chi connectivity index (χ0) is 9.80. The molecule has 0 fully saturated rings. The summed E-state index contributed by atoms with van der Waals surface area (Å²) in [5, 5.41) is 0. The van der Waals surface area contributed by atoms with E-state index in [2.05, 4.69) is 6.07 Å². The molecule has 0 aliphatic heterocycles. The molecule has 0 spiro atoms. The van der Waals surface area contributed by atoms with Gasteiger partial charge in [0.25, 0.3) is 0 Å². The maximum Gasteiger partial charge on any atom is 0.135 e. The largest absolute Gasteiger partial charge is 0.457 e. The van der Waals surface area contributed by atoms with Crippen LogP contribution < -0.4 is 10.5 Å². The van der Waals surface area contributed by atoms with Crippen molar-refractivity contribution in [3.05, 3.63) is 54.6 Å². The van der Waals surface area contributed by atoms with Crippen molar-refractivity contribution in [3.63, 3.8) is 0 Å². The van der Waals surface area contributed by atoms with Crippen molar-refractivity contribution in [3.8, 4) is 11.5 Å². The van der Waals surface area contributed by atoms with E-state index in [1.807, 2.05) is 42.5 Å². The van der Waals surface area contributed by atoms with Crippen LogP contribution in [-0.4, -0.2) is 0 Å². The van der Waals surface area contributed by atoms with E-state index in [0.29, 0.717) is 11.4 Å². The molecule has 0 aromatic heterocycles. The maximum atomic E-state index is 5.62. The smallest absolute Gasteiger partial charge is 0.135 e. The van der Waals surface area contributed by atoms with E-state index in [9.17, 15) is 0 Å². The average Bonchev–Trinajstić information content (AvgIpc) is 2.19. The van der Waals surface area contributed by atoms with Gasteiger partial charge < -0.3 is 10.5 Å². The van der Waals surface area contributed by atoms with Gasteiger partial charge in [-0.15, -0.1) is 0 Å². The average molecular weight is 184 g/mol. The molecule has 2 aromatic carbocycles. The summed E-state index contributed by atoms with van der Waals surface area (Å²) in [4.78, 5) is 0. The summed E-state index contributed by atoms with van der Waals surface area (Å²) in [5.41, 5.74) is 6.32. The van der Waals surface area contributed by atoms with Crippen molar-refractivity contribution in [2.75, 3.05) is 5.73 Å². The third kappa shape index (κ3) is 2.04. The van der Waals surface area contributed by atoms with Gasteiger partial charge in [0.15, 0.2) is 0 Å². The molecule has 0 saturated carbocycles. The Balaban J connectivity index is 2.19. The van der Waals surface area contributed by atoms with Gasteiger partial charge in [-0.3, -0.25) is 0 Å². The number of nitrogens with two attached hydrogens (primary N) is 1. The lowest BCUT2D eigenvalue weighted by Crippen LogP contribution is -1.87. The van der Waals surface area contributed by atoms with Crippen molar-refractivity contribution in [1.82, 2.24) is 0 Å². The van der Waals surface area contributed by atoms with Gasteiger partial charge in [-0.1, -0.05) is 24.3 Å². The molecular weight excluding hydrogens is 174 g/mol. The summed E-state index contributed by atoms with van der Waals surface area (Å²) in [6, 6.07) is 17.7. The lowest BCUT2D eigenvalue weighted by Gasteiger charge is -2.04. The van der Waals surface area contributed by atoms with Gasteiger partial charge in [-0.25, -0.2) is 0 Å². The highest BCUT2D eigenvalue weighted by Crippen LogP contribution is 2.21. The third-order valence-corrected chi connectivity index (χ3v) is 1.77. The Morgan fingerprint density at radius 2 is 2.00 bits per heavy atom. The number of para-hydroxylation sites is 1. The molecule has 0 unspecified atom stereocenters. The summed E-state index contributed by atoms with van der Waals surface area (Å²) in [5.74, 6) is 1.42. The highest BCUT2D eigenvalue weighted by Gasteiger charge is 1.95. The number of benzene rings is 2. The van der Waals surface area contributed by atoms with Gasteiger partial charge in [0.05, 0.1) is 0 Å². The number of ether oxygens (including phenoxy) is 1.